The Morgan fingerprint density at radius 2 is 2.04 bits per heavy atom. The second kappa shape index (κ2) is 7.37. The van der Waals surface area contributed by atoms with E-state index in [1.54, 1.807) is 6.07 Å². The second-order valence-electron chi connectivity index (χ2n) is 5.87. The molecule has 0 aromatic heterocycles. The third kappa shape index (κ3) is 4.76. The van der Waals surface area contributed by atoms with Crippen LogP contribution < -0.4 is 5.32 Å². The highest BCUT2D eigenvalue weighted by atomic mass is 32.2. The minimum atomic E-state index is -4.66. The molecule has 1 saturated heterocycles. The van der Waals surface area contributed by atoms with Crippen molar-refractivity contribution in [1.82, 2.24) is 4.90 Å². The average molecular weight is 387 g/mol. The quantitative estimate of drug-likeness (QED) is 0.632. The Hall–Kier alpha value is -2.54. The summed E-state index contributed by atoms with van der Waals surface area (Å²) in [5.41, 5.74) is -1.91. The van der Waals surface area contributed by atoms with Gasteiger partial charge in [-0.2, -0.15) is 18.4 Å². The van der Waals surface area contributed by atoms with E-state index < -0.39 is 44.8 Å². The molecule has 1 aromatic carbocycles. The SMILES string of the molecule is CN(/C=C(/C#N)C(=O)Nc1ccccc1C(F)(F)F)C1CCS(=O)(=O)C1. The summed E-state index contributed by atoms with van der Waals surface area (Å²) in [7, 11) is -1.64. The lowest BCUT2D eigenvalue weighted by molar-refractivity contribution is -0.137. The number of nitrogens with zero attached hydrogens (tertiary/aromatic N) is 2. The molecule has 1 unspecified atom stereocenters. The Morgan fingerprint density at radius 1 is 1.38 bits per heavy atom. The van der Waals surface area contributed by atoms with Gasteiger partial charge in [0.05, 0.1) is 22.8 Å². The van der Waals surface area contributed by atoms with Gasteiger partial charge in [-0.25, -0.2) is 8.42 Å². The Kier molecular flexibility index (Phi) is 5.61. The monoisotopic (exact) mass is 387 g/mol. The molecular weight excluding hydrogens is 371 g/mol. The van der Waals surface area contributed by atoms with E-state index in [0.717, 1.165) is 18.3 Å². The molecule has 1 aliphatic rings. The molecule has 2 rings (SSSR count). The smallest absolute Gasteiger partial charge is 0.375 e. The number of nitriles is 1. The molecule has 0 spiro atoms. The number of para-hydroxylation sites is 1. The minimum absolute atomic E-state index is 0.0168. The van der Waals surface area contributed by atoms with Crippen molar-refractivity contribution in [2.75, 3.05) is 23.9 Å². The van der Waals surface area contributed by atoms with Crippen LogP contribution in [0.15, 0.2) is 36.0 Å². The van der Waals surface area contributed by atoms with Crippen LogP contribution in [0.25, 0.3) is 0 Å². The van der Waals surface area contributed by atoms with Gasteiger partial charge < -0.3 is 10.2 Å². The maximum atomic E-state index is 13.0. The number of sulfone groups is 1. The summed E-state index contributed by atoms with van der Waals surface area (Å²) in [5, 5.41) is 11.2. The first-order valence-electron chi connectivity index (χ1n) is 7.55. The highest BCUT2D eigenvalue weighted by Crippen LogP contribution is 2.34. The molecule has 1 aliphatic heterocycles. The van der Waals surface area contributed by atoms with Crippen LogP contribution in [0.1, 0.15) is 12.0 Å². The Labute approximate surface area is 148 Å². The van der Waals surface area contributed by atoms with Gasteiger partial charge in [0.1, 0.15) is 11.6 Å². The zero-order chi connectivity index (χ0) is 19.5. The molecule has 6 nitrogen and oxygen atoms in total. The maximum absolute atomic E-state index is 13.0. The van der Waals surface area contributed by atoms with Crippen molar-refractivity contribution in [1.29, 1.82) is 5.26 Å². The van der Waals surface area contributed by atoms with Gasteiger partial charge >= 0.3 is 6.18 Å². The third-order valence-corrected chi connectivity index (χ3v) is 5.71. The van der Waals surface area contributed by atoms with Gasteiger partial charge in [0, 0.05) is 19.3 Å². The summed E-state index contributed by atoms with van der Waals surface area (Å²) < 4.78 is 61.9. The van der Waals surface area contributed by atoms with Crippen molar-refractivity contribution < 1.29 is 26.4 Å². The van der Waals surface area contributed by atoms with Crippen molar-refractivity contribution >= 4 is 21.4 Å². The molecule has 0 radical (unpaired) electrons. The number of carbonyl (C=O) groups excluding carboxylic acids is 1. The minimum Gasteiger partial charge on any atom is -0.375 e. The van der Waals surface area contributed by atoms with Gasteiger partial charge in [-0.15, -0.1) is 0 Å². The molecule has 0 aliphatic carbocycles. The lowest BCUT2D eigenvalue weighted by atomic mass is 10.1. The van der Waals surface area contributed by atoms with Crippen LogP contribution in [0.5, 0.6) is 0 Å². The predicted molar refractivity (Wildman–Crippen MR) is 88.6 cm³/mol. The molecule has 1 fully saturated rings. The number of benzene rings is 1. The summed E-state index contributed by atoms with van der Waals surface area (Å²) >= 11 is 0. The number of amides is 1. The first-order chi connectivity index (χ1) is 12.0. The maximum Gasteiger partial charge on any atom is 0.418 e. The van der Waals surface area contributed by atoms with Gasteiger partial charge in [-0.3, -0.25) is 4.79 Å². The Bertz CT molecular complexity index is 873. The molecule has 10 heteroatoms. The first-order valence-corrected chi connectivity index (χ1v) is 9.37. The topological polar surface area (TPSA) is 90.3 Å². The summed E-state index contributed by atoms with van der Waals surface area (Å²) in [6.45, 7) is 0. The molecule has 1 aromatic rings. The number of rotatable bonds is 4. The zero-order valence-corrected chi connectivity index (χ0v) is 14.6. The number of halogens is 3. The van der Waals surface area contributed by atoms with Crippen LogP contribution in [-0.4, -0.2) is 43.8 Å². The first kappa shape index (κ1) is 19.8. The summed E-state index contributed by atoms with van der Waals surface area (Å²) in [6.07, 6.45) is -3.15. The van der Waals surface area contributed by atoms with E-state index >= 15 is 0 Å². The van der Waals surface area contributed by atoms with Crippen LogP contribution in [0.2, 0.25) is 0 Å². The Balaban J connectivity index is 2.19. The largest absolute Gasteiger partial charge is 0.418 e. The van der Waals surface area contributed by atoms with Crippen molar-refractivity contribution in [3.05, 3.63) is 41.6 Å². The van der Waals surface area contributed by atoms with Crippen molar-refractivity contribution in [3.8, 4) is 6.07 Å². The van der Waals surface area contributed by atoms with E-state index in [9.17, 15) is 26.4 Å². The van der Waals surface area contributed by atoms with Gasteiger partial charge in [0.2, 0.25) is 0 Å². The number of nitrogens with one attached hydrogen (secondary N) is 1. The number of hydrogen-bond acceptors (Lipinski definition) is 5. The number of anilines is 1. The molecule has 26 heavy (non-hydrogen) atoms. The van der Waals surface area contributed by atoms with Crippen molar-refractivity contribution in [2.24, 2.45) is 0 Å². The molecule has 1 atom stereocenters. The summed E-state index contributed by atoms with van der Waals surface area (Å²) in [5.74, 6) is -1.09. The van der Waals surface area contributed by atoms with Crippen LogP contribution in [0.3, 0.4) is 0 Å². The van der Waals surface area contributed by atoms with E-state index in [1.807, 2.05) is 0 Å². The highest BCUT2D eigenvalue weighted by molar-refractivity contribution is 7.91. The van der Waals surface area contributed by atoms with E-state index in [0.29, 0.717) is 6.42 Å². The van der Waals surface area contributed by atoms with Crippen LogP contribution in [0, 0.1) is 11.3 Å². The van der Waals surface area contributed by atoms with E-state index in [1.165, 1.54) is 24.1 Å². The fourth-order valence-corrected chi connectivity index (χ4v) is 4.36. The molecule has 1 heterocycles. The van der Waals surface area contributed by atoms with Gasteiger partial charge in [-0.05, 0) is 18.6 Å². The lowest BCUT2D eigenvalue weighted by Crippen LogP contribution is -2.29. The van der Waals surface area contributed by atoms with Crippen molar-refractivity contribution in [2.45, 2.75) is 18.6 Å². The number of carbonyl (C=O) groups is 1. The molecule has 1 N–H and O–H groups in total. The van der Waals surface area contributed by atoms with Gasteiger partial charge in [0.25, 0.3) is 5.91 Å². The second-order valence-corrected chi connectivity index (χ2v) is 8.10. The van der Waals surface area contributed by atoms with Crippen molar-refractivity contribution in [3.63, 3.8) is 0 Å². The molecule has 0 saturated carbocycles. The fourth-order valence-electron chi connectivity index (χ4n) is 2.57. The zero-order valence-electron chi connectivity index (χ0n) is 13.7. The molecule has 140 valence electrons. The number of hydrogen-bond donors (Lipinski definition) is 1. The van der Waals surface area contributed by atoms with Gasteiger partial charge in [-0.1, -0.05) is 12.1 Å². The number of alkyl halides is 3. The fraction of sp³-hybridized carbons (Fsp3) is 0.375. The predicted octanol–water partition coefficient (Wildman–Crippen LogP) is 2.17. The molecular formula is C16H16F3N3O3S. The normalized spacial score (nSPS) is 19.7. The van der Waals surface area contributed by atoms with Crippen LogP contribution in [-0.2, 0) is 20.8 Å². The molecule has 1 amide bonds. The lowest BCUT2D eigenvalue weighted by Gasteiger charge is -2.21. The summed E-state index contributed by atoms with van der Waals surface area (Å²) in [6, 6.07) is 5.67. The van der Waals surface area contributed by atoms with Gasteiger partial charge in [0.15, 0.2) is 9.84 Å². The van der Waals surface area contributed by atoms with E-state index in [4.69, 9.17) is 5.26 Å². The highest BCUT2D eigenvalue weighted by Gasteiger charge is 2.34. The van der Waals surface area contributed by atoms with Crippen LogP contribution >= 0.6 is 0 Å². The summed E-state index contributed by atoms with van der Waals surface area (Å²) in [4.78, 5) is 13.6. The van der Waals surface area contributed by atoms with E-state index in [-0.39, 0.29) is 11.5 Å². The van der Waals surface area contributed by atoms with E-state index in [2.05, 4.69) is 5.32 Å². The van der Waals surface area contributed by atoms with Crippen LogP contribution in [0.4, 0.5) is 18.9 Å². The standard InChI is InChI=1S/C16H16F3N3O3S/c1-22(12-6-7-26(24,25)10-12)9-11(8-20)15(23)21-14-5-3-2-4-13(14)16(17,18)19/h2-5,9,12H,6-7,10H2,1H3,(H,21,23)/b11-9-. The molecule has 0 bridgehead atoms. The average Bonchev–Trinajstić information content (AvgIpc) is 2.92. The third-order valence-electron chi connectivity index (χ3n) is 3.96. The Morgan fingerprint density at radius 3 is 2.58 bits per heavy atom.